The van der Waals surface area contributed by atoms with Gasteiger partial charge in [-0.1, -0.05) is 6.08 Å². The van der Waals surface area contributed by atoms with E-state index in [9.17, 15) is 9.18 Å². The van der Waals surface area contributed by atoms with Crippen LogP contribution in [-0.4, -0.2) is 32.5 Å². The molecule has 154 valence electrons. The average molecular weight is 399 g/mol. The van der Waals surface area contributed by atoms with E-state index in [0.717, 1.165) is 11.1 Å². The van der Waals surface area contributed by atoms with Crippen molar-refractivity contribution in [3.8, 4) is 17.2 Å². The van der Waals surface area contributed by atoms with Crippen LogP contribution in [0.5, 0.6) is 17.2 Å². The van der Waals surface area contributed by atoms with Crippen molar-refractivity contribution in [1.82, 2.24) is 0 Å². The smallest absolute Gasteiger partial charge is 0.338 e. The molecule has 1 aliphatic rings. The second kappa shape index (κ2) is 8.15. The third-order valence-corrected chi connectivity index (χ3v) is 4.73. The van der Waals surface area contributed by atoms with Gasteiger partial charge in [0, 0.05) is 5.56 Å². The van der Waals surface area contributed by atoms with Gasteiger partial charge in [-0.05, 0) is 68.3 Å². The molecule has 1 aliphatic heterocycles. The molecule has 5 nitrogen and oxygen atoms in total. The van der Waals surface area contributed by atoms with Crippen molar-refractivity contribution in [3.05, 3.63) is 58.7 Å². The van der Waals surface area contributed by atoms with Crippen LogP contribution >= 0.6 is 0 Å². The minimum absolute atomic E-state index is 0.326. The number of carbonyl (C=O) groups excluding carboxylic acids is 1. The Morgan fingerprint density at radius 2 is 1.93 bits per heavy atom. The zero-order valence-corrected chi connectivity index (χ0v) is 17.2. The largest absolute Gasteiger partial charge is 0.493 e. The molecule has 29 heavy (non-hydrogen) atoms. The Hall–Kier alpha value is -3.02. The van der Waals surface area contributed by atoms with Gasteiger partial charge in [0.1, 0.15) is 18.0 Å². The van der Waals surface area contributed by atoms with Gasteiger partial charge in [-0.25, -0.2) is 9.18 Å². The molecule has 0 fully saturated rings. The van der Waals surface area contributed by atoms with E-state index in [2.05, 4.69) is 0 Å². The third-order valence-electron chi connectivity index (χ3n) is 4.73. The SMILES string of the molecule is COc1cc(C(C[18F])OC(=O)c2ccc3c(c2)C=CC(C)(C)O3)cc(C)c1OC. The van der Waals surface area contributed by atoms with Gasteiger partial charge in [-0.2, -0.15) is 0 Å². The highest BCUT2D eigenvalue weighted by atomic mass is 18.2. The average Bonchev–Trinajstić information content (AvgIpc) is 2.70. The summed E-state index contributed by atoms with van der Waals surface area (Å²) >= 11 is 0. The van der Waals surface area contributed by atoms with E-state index in [-0.39, 0.29) is 0 Å². The normalized spacial score (nSPS) is 15.1. The molecule has 3 rings (SSSR count). The highest BCUT2D eigenvalue weighted by Gasteiger charge is 2.24. The second-order valence-electron chi connectivity index (χ2n) is 7.41. The van der Waals surface area contributed by atoms with Crippen molar-refractivity contribution in [3.63, 3.8) is 0 Å². The lowest BCUT2D eigenvalue weighted by molar-refractivity contribution is 0.0233. The lowest BCUT2D eigenvalue weighted by Crippen LogP contribution is -2.27. The summed E-state index contributed by atoms with van der Waals surface area (Å²) in [6.07, 6.45) is 2.77. The fourth-order valence-corrected chi connectivity index (χ4v) is 3.26. The molecule has 0 amide bonds. The molecule has 0 aromatic heterocycles. The summed E-state index contributed by atoms with van der Waals surface area (Å²) in [5, 5.41) is 0. The number of rotatable bonds is 6. The summed E-state index contributed by atoms with van der Waals surface area (Å²) in [7, 11) is 3.04. The second-order valence-corrected chi connectivity index (χ2v) is 7.41. The van der Waals surface area contributed by atoms with Crippen LogP contribution < -0.4 is 14.2 Å². The Labute approximate surface area is 170 Å². The Morgan fingerprint density at radius 3 is 2.59 bits per heavy atom. The zero-order chi connectivity index (χ0) is 21.2. The van der Waals surface area contributed by atoms with Gasteiger partial charge < -0.3 is 18.9 Å². The molecule has 0 saturated carbocycles. The number of hydrogen-bond donors (Lipinski definition) is 0. The number of alkyl halides is 1. The molecule has 0 saturated heterocycles. The zero-order valence-electron chi connectivity index (χ0n) is 17.2. The highest BCUT2D eigenvalue weighted by Crippen LogP contribution is 2.36. The van der Waals surface area contributed by atoms with Gasteiger partial charge in [0.05, 0.1) is 19.8 Å². The molecule has 0 bridgehead atoms. The summed E-state index contributed by atoms with van der Waals surface area (Å²) in [4.78, 5) is 12.7. The standard InChI is InChI=1S/C23H25FO5/c1-14-10-17(12-19(26-4)21(14)27-5)20(13-24)28-22(25)16-6-7-18-15(11-16)8-9-23(2,3)29-18/h6-12,20H,13H2,1-5H3/i24-1. The first-order valence-corrected chi connectivity index (χ1v) is 9.29. The Kier molecular flexibility index (Phi) is 5.82. The Morgan fingerprint density at radius 1 is 1.17 bits per heavy atom. The van der Waals surface area contributed by atoms with Gasteiger partial charge in [0.15, 0.2) is 17.6 Å². The minimum Gasteiger partial charge on any atom is -0.493 e. The van der Waals surface area contributed by atoms with Crippen LogP contribution in [0.3, 0.4) is 0 Å². The number of esters is 1. The Bertz CT molecular complexity index is 949. The molecule has 0 radical (unpaired) electrons. The van der Waals surface area contributed by atoms with Crippen molar-refractivity contribution in [2.75, 3.05) is 20.9 Å². The molecule has 1 heterocycles. The van der Waals surface area contributed by atoms with Crippen molar-refractivity contribution in [2.24, 2.45) is 0 Å². The minimum atomic E-state index is -1.05. The first kappa shape index (κ1) is 20.7. The number of methoxy groups -OCH3 is 2. The predicted molar refractivity (Wildman–Crippen MR) is 109 cm³/mol. The maximum atomic E-state index is 13.7. The summed E-state index contributed by atoms with van der Waals surface area (Å²) in [6, 6.07) is 8.37. The van der Waals surface area contributed by atoms with E-state index in [1.54, 1.807) is 30.3 Å². The van der Waals surface area contributed by atoms with E-state index >= 15 is 0 Å². The van der Waals surface area contributed by atoms with E-state index in [4.69, 9.17) is 18.9 Å². The van der Waals surface area contributed by atoms with Gasteiger partial charge in [-0.15, -0.1) is 0 Å². The van der Waals surface area contributed by atoms with Gasteiger partial charge >= 0.3 is 5.97 Å². The summed E-state index contributed by atoms with van der Waals surface area (Å²) in [5.41, 5.74) is 1.96. The lowest BCUT2D eigenvalue weighted by Gasteiger charge is -2.28. The molecular formula is C23H25FO5. The lowest BCUT2D eigenvalue weighted by atomic mass is 10.0. The monoisotopic (exact) mass is 399 g/mol. The number of halogens is 1. The number of carbonyl (C=O) groups is 1. The van der Waals surface area contributed by atoms with E-state index < -0.39 is 24.3 Å². The first-order chi connectivity index (χ1) is 13.8. The summed E-state index contributed by atoms with van der Waals surface area (Å²) in [5.74, 6) is 1.09. The molecule has 0 N–H and O–H groups in total. The molecule has 6 heteroatoms. The highest BCUT2D eigenvalue weighted by molar-refractivity contribution is 5.91. The number of hydrogen-bond acceptors (Lipinski definition) is 5. The third kappa shape index (κ3) is 4.36. The number of ether oxygens (including phenoxy) is 4. The van der Waals surface area contributed by atoms with Crippen LogP contribution in [0.4, 0.5) is 4.39 Å². The van der Waals surface area contributed by atoms with Crippen molar-refractivity contribution in [2.45, 2.75) is 32.5 Å². The molecule has 0 spiro atoms. The van der Waals surface area contributed by atoms with Crippen LogP contribution in [-0.2, 0) is 4.74 Å². The quantitative estimate of drug-likeness (QED) is 0.635. The van der Waals surface area contributed by atoms with E-state index in [0.29, 0.717) is 28.4 Å². The van der Waals surface area contributed by atoms with Gasteiger partial charge in [-0.3, -0.25) is 0 Å². The maximum absolute atomic E-state index is 13.7. The topological polar surface area (TPSA) is 54.0 Å². The van der Waals surface area contributed by atoms with Crippen molar-refractivity contribution in [1.29, 1.82) is 0 Å². The van der Waals surface area contributed by atoms with Crippen LogP contribution in [0.2, 0.25) is 0 Å². The molecule has 0 aliphatic carbocycles. The van der Waals surface area contributed by atoms with Crippen LogP contribution in [0.25, 0.3) is 6.08 Å². The van der Waals surface area contributed by atoms with Crippen LogP contribution in [0, 0.1) is 6.92 Å². The molecular weight excluding hydrogens is 374 g/mol. The summed E-state index contributed by atoms with van der Waals surface area (Å²) < 4.78 is 35.7. The molecule has 2 aromatic rings. The van der Waals surface area contributed by atoms with Crippen LogP contribution in [0.15, 0.2) is 36.4 Å². The number of aryl methyl sites for hydroxylation is 1. The maximum Gasteiger partial charge on any atom is 0.338 e. The van der Waals surface area contributed by atoms with E-state index in [1.807, 2.05) is 32.9 Å². The predicted octanol–water partition coefficient (Wildman–Crippen LogP) is 5.06. The van der Waals surface area contributed by atoms with Gasteiger partial charge in [0.25, 0.3) is 0 Å². The number of benzene rings is 2. The van der Waals surface area contributed by atoms with Crippen molar-refractivity contribution >= 4 is 12.0 Å². The fourth-order valence-electron chi connectivity index (χ4n) is 3.26. The summed E-state index contributed by atoms with van der Waals surface area (Å²) in [6.45, 7) is 4.86. The fraction of sp³-hybridized carbons (Fsp3) is 0.348. The molecule has 1 unspecified atom stereocenters. The Balaban J connectivity index is 1.83. The van der Waals surface area contributed by atoms with Crippen LogP contribution in [0.1, 0.15) is 47.0 Å². The van der Waals surface area contributed by atoms with Crippen molar-refractivity contribution < 1.29 is 28.1 Å². The van der Waals surface area contributed by atoms with Gasteiger partial charge in [0.2, 0.25) is 0 Å². The number of fused-ring (bicyclic) bond motifs is 1. The molecule has 1 atom stereocenters. The first-order valence-electron chi connectivity index (χ1n) is 9.29. The molecule has 2 aromatic carbocycles. The van der Waals surface area contributed by atoms with E-state index in [1.165, 1.54) is 14.2 Å².